The lowest BCUT2D eigenvalue weighted by Crippen LogP contribution is -2.60. The van der Waals surface area contributed by atoms with E-state index in [1.807, 2.05) is 0 Å². The molecule has 2 N–H and O–H groups in total. The van der Waals surface area contributed by atoms with Crippen LogP contribution in [0.3, 0.4) is 0 Å². The minimum Gasteiger partial charge on any atom is -0.508 e. The van der Waals surface area contributed by atoms with Crippen LogP contribution in [0.15, 0.2) is 36.1 Å². The Balaban J connectivity index is 1.66. The van der Waals surface area contributed by atoms with Crippen LogP contribution in [0, 0.1) is 29.1 Å². The van der Waals surface area contributed by atoms with Crippen molar-refractivity contribution >= 4 is 0 Å². The summed E-state index contributed by atoms with van der Waals surface area (Å²) < 4.78 is 0. The fraction of sp³-hybridized carbons (Fsp3) is 0.647. The molecule has 1 saturated heterocycles. The number of allylic oxidation sites excluding steroid dienone is 3. The lowest BCUT2D eigenvalue weighted by molar-refractivity contribution is 0.0730. The van der Waals surface area contributed by atoms with Crippen LogP contribution in [0.5, 0.6) is 0 Å². The number of fused-ring (bicyclic) bond motifs is 1. The van der Waals surface area contributed by atoms with Gasteiger partial charge in [-0.1, -0.05) is 24.8 Å². The van der Waals surface area contributed by atoms with E-state index in [1.165, 1.54) is 19.3 Å². The fourth-order valence-corrected chi connectivity index (χ4v) is 6.03. The highest BCUT2D eigenvalue weighted by atomic mass is 16.3. The molecule has 2 saturated carbocycles. The molecule has 0 aromatic rings. The lowest BCUT2D eigenvalue weighted by atomic mass is 9.65. The van der Waals surface area contributed by atoms with Gasteiger partial charge in [0.05, 0.1) is 0 Å². The van der Waals surface area contributed by atoms with E-state index in [1.54, 1.807) is 0 Å². The molecule has 100 valence electrons. The Morgan fingerprint density at radius 3 is 3.11 bits per heavy atom. The molecule has 0 amide bonds. The Bertz CT molecular complexity index is 562. The van der Waals surface area contributed by atoms with Crippen molar-refractivity contribution in [1.29, 1.82) is 0 Å². The quantitative estimate of drug-likeness (QED) is 0.558. The molecule has 0 aromatic heterocycles. The van der Waals surface area contributed by atoms with Crippen LogP contribution in [0.1, 0.15) is 26.2 Å². The molecule has 0 aromatic carbocycles. The normalized spacial score (nSPS) is 59.4. The molecule has 5 aliphatic rings. The molecule has 0 bridgehead atoms. The predicted octanol–water partition coefficient (Wildman–Crippen LogP) is 2.95. The van der Waals surface area contributed by atoms with E-state index >= 15 is 0 Å². The van der Waals surface area contributed by atoms with Crippen molar-refractivity contribution in [3.05, 3.63) is 36.1 Å². The van der Waals surface area contributed by atoms with Crippen molar-refractivity contribution in [2.24, 2.45) is 29.1 Å². The number of hydrogen-bond donors (Lipinski definition) is 2. The Labute approximate surface area is 114 Å². The Morgan fingerprint density at radius 1 is 1.47 bits per heavy atom. The highest BCUT2D eigenvalue weighted by molar-refractivity contribution is 5.51. The number of hydrogen-bond acceptors (Lipinski definition) is 2. The van der Waals surface area contributed by atoms with Gasteiger partial charge in [-0.15, -0.1) is 0 Å². The highest BCUT2D eigenvalue weighted by Gasteiger charge is 2.82. The maximum absolute atomic E-state index is 9.89. The molecule has 0 radical (unpaired) electrons. The first-order valence-corrected chi connectivity index (χ1v) is 7.64. The first kappa shape index (κ1) is 10.7. The molecule has 3 fully saturated rings. The third-order valence-electron chi connectivity index (χ3n) is 6.87. The molecule has 7 unspecified atom stereocenters. The summed E-state index contributed by atoms with van der Waals surface area (Å²) in [5, 5.41) is 13.9. The number of aliphatic hydroxyl groups is 1. The van der Waals surface area contributed by atoms with Crippen LogP contribution >= 0.6 is 0 Å². The topological polar surface area (TPSA) is 32.3 Å². The fourth-order valence-electron chi connectivity index (χ4n) is 6.03. The summed E-state index contributed by atoms with van der Waals surface area (Å²) in [5.74, 6) is 2.99. The number of aliphatic hydroxyl groups excluding tert-OH is 1. The third kappa shape index (κ3) is 0.961. The second-order valence-electron chi connectivity index (χ2n) is 7.43. The summed E-state index contributed by atoms with van der Waals surface area (Å²) in [6.45, 7) is 6.15. The molecule has 5 rings (SSSR count). The zero-order chi connectivity index (χ0) is 13.0. The smallest absolute Gasteiger partial charge is 0.111 e. The van der Waals surface area contributed by atoms with Gasteiger partial charge < -0.3 is 10.4 Å². The zero-order valence-corrected chi connectivity index (χ0v) is 11.4. The maximum atomic E-state index is 9.89. The van der Waals surface area contributed by atoms with Gasteiger partial charge in [0.25, 0.3) is 0 Å². The predicted molar refractivity (Wildman–Crippen MR) is 74.6 cm³/mol. The van der Waals surface area contributed by atoms with Crippen LogP contribution < -0.4 is 5.32 Å². The van der Waals surface area contributed by atoms with E-state index in [2.05, 4.69) is 37.0 Å². The van der Waals surface area contributed by atoms with Crippen LogP contribution in [0.25, 0.3) is 0 Å². The summed E-state index contributed by atoms with van der Waals surface area (Å²) in [6, 6.07) is 0.629. The van der Waals surface area contributed by atoms with Crippen LogP contribution in [0.2, 0.25) is 0 Å². The van der Waals surface area contributed by atoms with Gasteiger partial charge in [0.15, 0.2) is 0 Å². The van der Waals surface area contributed by atoms with Crippen LogP contribution in [-0.4, -0.2) is 16.7 Å². The van der Waals surface area contributed by atoms with Crippen LogP contribution in [-0.2, 0) is 0 Å². The first-order chi connectivity index (χ1) is 9.10. The van der Waals surface area contributed by atoms with Crippen molar-refractivity contribution in [1.82, 2.24) is 5.32 Å². The third-order valence-corrected chi connectivity index (χ3v) is 6.87. The summed E-state index contributed by atoms with van der Waals surface area (Å²) >= 11 is 0. The van der Waals surface area contributed by atoms with E-state index in [9.17, 15) is 5.11 Å². The SMILES string of the molecule is C=C(O)C1=CC2CC23NC(C)C2CC=CC2C32CC12. The molecule has 7 atom stereocenters. The molecular formula is C17H21NO. The monoisotopic (exact) mass is 255 g/mol. The Hall–Kier alpha value is -1.02. The molecule has 4 aliphatic carbocycles. The Kier molecular flexibility index (Phi) is 1.61. The molecule has 19 heavy (non-hydrogen) atoms. The average Bonchev–Trinajstić information content (AvgIpc) is 3.19. The molecule has 1 aliphatic heterocycles. The Morgan fingerprint density at radius 2 is 2.32 bits per heavy atom. The van der Waals surface area contributed by atoms with E-state index in [0.29, 0.717) is 34.6 Å². The van der Waals surface area contributed by atoms with E-state index in [0.717, 1.165) is 17.4 Å². The minimum atomic E-state index is 0.319. The van der Waals surface area contributed by atoms with E-state index < -0.39 is 0 Å². The molecule has 2 spiro atoms. The molecule has 2 nitrogen and oxygen atoms in total. The average molecular weight is 255 g/mol. The highest BCUT2D eigenvalue weighted by Crippen LogP contribution is 2.81. The van der Waals surface area contributed by atoms with E-state index in [4.69, 9.17) is 0 Å². The van der Waals surface area contributed by atoms with Gasteiger partial charge in [0.2, 0.25) is 0 Å². The molecule has 1 heterocycles. The molecule has 2 heteroatoms. The van der Waals surface area contributed by atoms with Gasteiger partial charge in [-0.3, -0.25) is 0 Å². The van der Waals surface area contributed by atoms with Gasteiger partial charge in [-0.25, -0.2) is 0 Å². The second kappa shape index (κ2) is 2.85. The van der Waals surface area contributed by atoms with Crippen molar-refractivity contribution < 1.29 is 5.11 Å². The van der Waals surface area contributed by atoms with Crippen molar-refractivity contribution in [2.45, 2.75) is 37.8 Å². The van der Waals surface area contributed by atoms with Gasteiger partial charge in [0, 0.05) is 17.0 Å². The van der Waals surface area contributed by atoms with Crippen LogP contribution in [0.4, 0.5) is 0 Å². The number of rotatable bonds is 1. The number of piperidine rings is 1. The second-order valence-corrected chi connectivity index (χ2v) is 7.43. The summed E-state index contributed by atoms with van der Waals surface area (Å²) in [4.78, 5) is 0. The first-order valence-electron chi connectivity index (χ1n) is 7.64. The largest absolute Gasteiger partial charge is 0.508 e. The zero-order valence-electron chi connectivity index (χ0n) is 11.4. The summed E-state index contributed by atoms with van der Waals surface area (Å²) in [7, 11) is 0. The van der Waals surface area contributed by atoms with Gasteiger partial charge in [-0.2, -0.15) is 0 Å². The van der Waals surface area contributed by atoms with Crippen molar-refractivity contribution in [3.63, 3.8) is 0 Å². The summed E-state index contributed by atoms with van der Waals surface area (Å²) in [5.41, 5.74) is 1.91. The van der Waals surface area contributed by atoms with E-state index in [-0.39, 0.29) is 0 Å². The van der Waals surface area contributed by atoms with Crippen molar-refractivity contribution in [2.75, 3.05) is 0 Å². The lowest BCUT2D eigenvalue weighted by Gasteiger charge is -2.49. The van der Waals surface area contributed by atoms with Crippen molar-refractivity contribution in [3.8, 4) is 0 Å². The number of nitrogens with one attached hydrogen (secondary N) is 1. The molecular weight excluding hydrogens is 234 g/mol. The standard InChI is InChI=1S/C17H21NO/c1-9-12-4-3-5-14(12)16-8-15(16)13(10(2)19)6-11-7-17(11,16)18-9/h3,5-6,9,11-12,14-15,18-19H,2,4,7-8H2,1H3. The van der Waals surface area contributed by atoms with Gasteiger partial charge in [-0.05, 0) is 55.4 Å². The summed E-state index contributed by atoms with van der Waals surface area (Å²) in [6.07, 6.45) is 10.9. The van der Waals surface area contributed by atoms with Gasteiger partial charge in [0.1, 0.15) is 5.76 Å². The van der Waals surface area contributed by atoms with Gasteiger partial charge >= 0.3 is 0 Å². The minimum absolute atomic E-state index is 0.319. The maximum Gasteiger partial charge on any atom is 0.111 e.